The Morgan fingerprint density at radius 1 is 1.47 bits per heavy atom. The first kappa shape index (κ1) is 14.3. The Kier molecular flexibility index (Phi) is 4.11. The standard InChI is InChI=1S/C12H13ClN2O3S/c13-11-6-9(7-14)3-4-12(11)19(17,18)15-5-1-2-10(16)8-15/h3-4,6,10,16H,1-2,5,8H2. The molecule has 2 rings (SSSR count). The molecular weight excluding hydrogens is 288 g/mol. The van der Waals surface area contributed by atoms with Gasteiger partial charge in [0.2, 0.25) is 10.0 Å². The molecule has 0 aromatic heterocycles. The van der Waals surface area contributed by atoms with Crippen molar-refractivity contribution in [3.05, 3.63) is 28.8 Å². The molecule has 1 fully saturated rings. The van der Waals surface area contributed by atoms with Crippen LogP contribution in [0, 0.1) is 11.3 Å². The number of nitrogens with zero attached hydrogens (tertiary/aromatic N) is 2. The van der Waals surface area contributed by atoms with Crippen molar-refractivity contribution in [1.82, 2.24) is 4.31 Å². The van der Waals surface area contributed by atoms with Gasteiger partial charge in [-0.3, -0.25) is 0 Å². The summed E-state index contributed by atoms with van der Waals surface area (Å²) in [6.07, 6.45) is 0.585. The van der Waals surface area contributed by atoms with Crippen LogP contribution in [0.25, 0.3) is 0 Å². The molecule has 0 saturated carbocycles. The first-order valence-corrected chi connectivity index (χ1v) is 7.65. The maximum absolute atomic E-state index is 12.4. The number of nitriles is 1. The van der Waals surface area contributed by atoms with Crippen LogP contribution >= 0.6 is 11.6 Å². The molecule has 1 atom stereocenters. The van der Waals surface area contributed by atoms with Gasteiger partial charge in [0.25, 0.3) is 0 Å². The van der Waals surface area contributed by atoms with Gasteiger partial charge in [0.1, 0.15) is 4.90 Å². The molecule has 1 aliphatic heterocycles. The maximum Gasteiger partial charge on any atom is 0.244 e. The summed E-state index contributed by atoms with van der Waals surface area (Å²) >= 11 is 5.93. The van der Waals surface area contributed by atoms with Crippen molar-refractivity contribution in [2.24, 2.45) is 0 Å². The zero-order valence-electron chi connectivity index (χ0n) is 10.1. The van der Waals surface area contributed by atoms with Crippen LogP contribution in [0.2, 0.25) is 5.02 Å². The molecule has 1 heterocycles. The number of hydrogen-bond donors (Lipinski definition) is 1. The van der Waals surface area contributed by atoms with Crippen molar-refractivity contribution >= 4 is 21.6 Å². The lowest BCUT2D eigenvalue weighted by Crippen LogP contribution is -2.42. The summed E-state index contributed by atoms with van der Waals surface area (Å²) in [5.74, 6) is 0. The summed E-state index contributed by atoms with van der Waals surface area (Å²) in [7, 11) is -3.72. The van der Waals surface area contributed by atoms with E-state index in [0.717, 1.165) is 0 Å². The third-order valence-electron chi connectivity index (χ3n) is 3.04. The third kappa shape index (κ3) is 2.90. The molecule has 19 heavy (non-hydrogen) atoms. The van der Waals surface area contributed by atoms with Crippen LogP contribution in [0.3, 0.4) is 0 Å². The van der Waals surface area contributed by atoms with E-state index in [1.54, 1.807) is 0 Å². The van der Waals surface area contributed by atoms with E-state index in [2.05, 4.69) is 0 Å². The minimum Gasteiger partial charge on any atom is -0.392 e. The van der Waals surface area contributed by atoms with Crippen molar-refractivity contribution in [2.45, 2.75) is 23.8 Å². The Balaban J connectivity index is 2.37. The fourth-order valence-corrected chi connectivity index (χ4v) is 4.09. The molecule has 1 unspecified atom stereocenters. The highest BCUT2D eigenvalue weighted by Crippen LogP contribution is 2.27. The van der Waals surface area contributed by atoms with Crippen molar-refractivity contribution in [1.29, 1.82) is 5.26 Å². The zero-order chi connectivity index (χ0) is 14.0. The minimum absolute atomic E-state index is 0.0257. The molecule has 1 N–H and O–H groups in total. The normalized spacial score (nSPS) is 21.0. The fraction of sp³-hybridized carbons (Fsp3) is 0.417. The highest BCUT2D eigenvalue weighted by atomic mass is 35.5. The summed E-state index contributed by atoms with van der Waals surface area (Å²) in [4.78, 5) is -0.0257. The summed E-state index contributed by atoms with van der Waals surface area (Å²) < 4.78 is 26.0. The maximum atomic E-state index is 12.4. The van der Waals surface area contributed by atoms with E-state index >= 15 is 0 Å². The largest absolute Gasteiger partial charge is 0.392 e. The number of benzene rings is 1. The van der Waals surface area contributed by atoms with Crippen LogP contribution in [0.1, 0.15) is 18.4 Å². The second-order valence-corrected chi connectivity index (χ2v) is 6.73. The van der Waals surface area contributed by atoms with E-state index in [9.17, 15) is 13.5 Å². The van der Waals surface area contributed by atoms with E-state index in [4.69, 9.17) is 16.9 Å². The lowest BCUT2D eigenvalue weighted by atomic mass is 10.1. The van der Waals surface area contributed by atoms with Gasteiger partial charge in [0.05, 0.1) is 22.8 Å². The van der Waals surface area contributed by atoms with Crippen LogP contribution in [0.4, 0.5) is 0 Å². The number of halogens is 1. The Labute approximate surface area is 117 Å². The predicted octanol–water partition coefficient (Wildman–Crippen LogP) is 1.36. The van der Waals surface area contributed by atoms with Crippen LogP contribution < -0.4 is 0 Å². The van der Waals surface area contributed by atoms with Crippen LogP contribution in [0.5, 0.6) is 0 Å². The average Bonchev–Trinajstić information content (AvgIpc) is 2.38. The predicted molar refractivity (Wildman–Crippen MR) is 70.2 cm³/mol. The Morgan fingerprint density at radius 3 is 2.79 bits per heavy atom. The second kappa shape index (κ2) is 5.47. The van der Waals surface area contributed by atoms with Crippen LogP contribution in [-0.2, 0) is 10.0 Å². The highest BCUT2D eigenvalue weighted by molar-refractivity contribution is 7.89. The number of hydrogen-bond acceptors (Lipinski definition) is 4. The van der Waals surface area contributed by atoms with Gasteiger partial charge in [0.15, 0.2) is 0 Å². The molecule has 0 radical (unpaired) electrons. The summed E-state index contributed by atoms with van der Waals surface area (Å²) in [6, 6.07) is 5.97. The molecule has 1 saturated heterocycles. The smallest absolute Gasteiger partial charge is 0.244 e. The first-order valence-electron chi connectivity index (χ1n) is 5.83. The molecule has 0 bridgehead atoms. The van der Waals surface area contributed by atoms with E-state index in [-0.39, 0.29) is 16.5 Å². The third-order valence-corrected chi connectivity index (χ3v) is 5.39. The van der Waals surface area contributed by atoms with Gasteiger partial charge in [-0.05, 0) is 31.0 Å². The molecule has 7 heteroatoms. The lowest BCUT2D eigenvalue weighted by molar-refractivity contribution is 0.108. The second-order valence-electron chi connectivity index (χ2n) is 4.42. The van der Waals surface area contributed by atoms with Crippen molar-refractivity contribution < 1.29 is 13.5 Å². The minimum atomic E-state index is -3.72. The van der Waals surface area contributed by atoms with E-state index < -0.39 is 16.1 Å². The molecular formula is C12H13ClN2O3S. The van der Waals surface area contributed by atoms with Gasteiger partial charge in [-0.1, -0.05) is 11.6 Å². The van der Waals surface area contributed by atoms with Gasteiger partial charge in [0, 0.05) is 13.1 Å². The van der Waals surface area contributed by atoms with Gasteiger partial charge in [-0.25, -0.2) is 8.42 Å². The monoisotopic (exact) mass is 300 g/mol. The van der Waals surface area contributed by atoms with Gasteiger partial charge in [-0.15, -0.1) is 0 Å². The molecule has 1 aromatic carbocycles. The lowest BCUT2D eigenvalue weighted by Gasteiger charge is -2.29. The molecule has 102 valence electrons. The quantitative estimate of drug-likeness (QED) is 0.894. The molecule has 0 amide bonds. The van der Waals surface area contributed by atoms with Crippen molar-refractivity contribution in [3.63, 3.8) is 0 Å². The molecule has 5 nitrogen and oxygen atoms in total. The van der Waals surface area contributed by atoms with E-state index in [0.29, 0.717) is 24.9 Å². The Hall–Kier alpha value is -1.13. The number of rotatable bonds is 2. The summed E-state index contributed by atoms with van der Waals surface area (Å²) in [5.41, 5.74) is 0.308. The SMILES string of the molecule is N#Cc1ccc(S(=O)(=O)N2CCCC(O)C2)c(Cl)c1. The first-order chi connectivity index (χ1) is 8.95. The number of aliphatic hydroxyl groups excluding tert-OH is 1. The molecule has 1 aromatic rings. The molecule has 0 spiro atoms. The number of β-amino-alcohol motifs (C(OH)–C–C–N with tert-alkyl or cyclic N) is 1. The topological polar surface area (TPSA) is 81.4 Å². The number of piperidine rings is 1. The number of sulfonamides is 1. The van der Waals surface area contributed by atoms with Gasteiger partial charge in [-0.2, -0.15) is 9.57 Å². The highest BCUT2D eigenvalue weighted by Gasteiger charge is 2.30. The molecule has 0 aliphatic carbocycles. The number of aliphatic hydroxyl groups is 1. The Morgan fingerprint density at radius 2 is 2.21 bits per heavy atom. The van der Waals surface area contributed by atoms with E-state index in [1.807, 2.05) is 6.07 Å². The zero-order valence-corrected chi connectivity index (χ0v) is 11.7. The van der Waals surface area contributed by atoms with Crippen molar-refractivity contribution in [3.8, 4) is 6.07 Å². The van der Waals surface area contributed by atoms with Gasteiger partial charge < -0.3 is 5.11 Å². The summed E-state index contributed by atoms with van der Waals surface area (Å²) in [5, 5.41) is 18.3. The Bertz CT molecular complexity index is 624. The summed E-state index contributed by atoms with van der Waals surface area (Å²) in [6.45, 7) is 0.453. The van der Waals surface area contributed by atoms with E-state index in [1.165, 1.54) is 22.5 Å². The average molecular weight is 301 g/mol. The van der Waals surface area contributed by atoms with Crippen LogP contribution in [0.15, 0.2) is 23.1 Å². The van der Waals surface area contributed by atoms with Crippen LogP contribution in [-0.4, -0.2) is 37.0 Å². The van der Waals surface area contributed by atoms with Gasteiger partial charge >= 0.3 is 0 Å². The van der Waals surface area contributed by atoms with Crippen molar-refractivity contribution in [2.75, 3.05) is 13.1 Å². The fourth-order valence-electron chi connectivity index (χ4n) is 2.06. The molecule has 1 aliphatic rings.